The van der Waals surface area contributed by atoms with Crippen molar-refractivity contribution in [3.8, 4) is 0 Å². The topological polar surface area (TPSA) is 212 Å². The number of allylic oxidation sites excluding steroid dienone is 2. The van der Waals surface area contributed by atoms with E-state index in [2.05, 4.69) is 35.5 Å². The number of hydrogen-bond acceptors (Lipinski definition) is 11. The Morgan fingerprint density at radius 2 is 0.928 bits per heavy atom. The molecule has 1 saturated heterocycles. The van der Waals surface area contributed by atoms with Crippen LogP contribution in [0.5, 0.6) is 0 Å². The highest BCUT2D eigenvalue weighted by Gasteiger charge is 2.48. The molecule has 0 aromatic rings. The minimum absolute atomic E-state index is 0.262. The molecule has 0 aromatic carbocycles. The Balaban J connectivity index is 2.05. The highest BCUT2D eigenvalue weighted by atomic mass is 32.3. The van der Waals surface area contributed by atoms with Crippen LogP contribution in [-0.2, 0) is 28.9 Å². The van der Waals surface area contributed by atoms with Gasteiger partial charge in [-0.15, -0.1) is 0 Å². The second-order valence-electron chi connectivity index (χ2n) is 20.4. The molecule has 1 heterocycles. The quantitative estimate of drug-likeness (QED) is 0.0172. The third-order valence-electron chi connectivity index (χ3n) is 13.9. The molecule has 0 bridgehead atoms. The highest BCUT2D eigenvalue weighted by molar-refractivity contribution is 7.80. The number of amides is 1. The molecule has 1 aliphatic rings. The maximum atomic E-state index is 13.0. The Morgan fingerprint density at radius 3 is 1.32 bits per heavy atom. The van der Waals surface area contributed by atoms with Gasteiger partial charge in [0, 0.05) is 0 Å². The fraction of sp³-hybridized carbons (Fsp3) is 0.945. The van der Waals surface area contributed by atoms with Crippen LogP contribution in [0.15, 0.2) is 12.2 Å². The van der Waals surface area contributed by atoms with Gasteiger partial charge in [-0.1, -0.05) is 244 Å². The SMILES string of the molecule is CCCCCCCCCCCCCCCCCC/C=C\CCCCCCCCCCCCCCCCCCC(O)C(=O)NC(COC1OC(CO)C(O)C(OS(=O)(=O)O)C1O)C(O)CCCCCC. The zero-order valence-corrected chi connectivity index (χ0v) is 44.8. The van der Waals surface area contributed by atoms with Crippen molar-refractivity contribution in [3.63, 3.8) is 0 Å². The third-order valence-corrected chi connectivity index (χ3v) is 14.4. The number of aliphatic hydroxyl groups excluding tert-OH is 5. The fourth-order valence-electron chi connectivity index (χ4n) is 9.40. The van der Waals surface area contributed by atoms with E-state index in [0.717, 1.165) is 38.5 Å². The van der Waals surface area contributed by atoms with Gasteiger partial charge in [-0.25, -0.2) is 4.18 Å². The predicted octanol–water partition coefficient (Wildman–Crippen LogP) is 12.0. The number of nitrogens with one attached hydrogen (secondary N) is 1. The Kier molecular flexibility index (Phi) is 43.3. The van der Waals surface area contributed by atoms with Crippen molar-refractivity contribution in [1.29, 1.82) is 0 Å². The first kappa shape index (κ1) is 65.8. The summed E-state index contributed by atoms with van der Waals surface area (Å²) in [7, 11) is -5.10. The molecule has 0 spiro atoms. The van der Waals surface area contributed by atoms with Crippen molar-refractivity contribution in [1.82, 2.24) is 5.32 Å². The van der Waals surface area contributed by atoms with Crippen LogP contribution in [0.2, 0.25) is 0 Å². The zero-order valence-electron chi connectivity index (χ0n) is 44.0. The molecule has 410 valence electrons. The summed E-state index contributed by atoms with van der Waals surface area (Å²) in [6.07, 6.45) is 42.7. The van der Waals surface area contributed by atoms with Crippen molar-refractivity contribution < 1.29 is 57.0 Å². The van der Waals surface area contributed by atoms with Crippen LogP contribution >= 0.6 is 0 Å². The molecule has 1 rings (SSSR count). The molecule has 1 aliphatic heterocycles. The molecule has 7 N–H and O–H groups in total. The standard InChI is InChI=1S/C55H107NO12S/c1-3-5-7-9-10-11-12-13-14-15-16-17-18-19-20-21-22-23-24-25-26-27-28-29-30-31-32-33-34-35-36-37-38-39-40-42-44-49(59)54(62)56-47(48(58)43-41-8-6-4-2)46-66-55-52(61)53(68-69(63,64)65)51(60)50(45-57)67-55/h23-24,47-53,55,57-61H,3-22,25-46H2,1-2H3,(H,56,62)(H,63,64,65)/b24-23-. The van der Waals surface area contributed by atoms with E-state index in [0.29, 0.717) is 19.3 Å². The summed E-state index contributed by atoms with van der Waals surface area (Å²) >= 11 is 0. The van der Waals surface area contributed by atoms with E-state index in [1.54, 1.807) is 0 Å². The molecule has 69 heavy (non-hydrogen) atoms. The van der Waals surface area contributed by atoms with Crippen LogP contribution < -0.4 is 5.32 Å². The van der Waals surface area contributed by atoms with E-state index in [-0.39, 0.29) is 6.42 Å². The average molecular weight is 1010 g/mol. The lowest BCUT2D eigenvalue weighted by Gasteiger charge is -2.41. The lowest BCUT2D eigenvalue weighted by molar-refractivity contribution is -0.298. The molecule has 1 fully saturated rings. The van der Waals surface area contributed by atoms with Gasteiger partial charge in [0.25, 0.3) is 0 Å². The van der Waals surface area contributed by atoms with E-state index in [4.69, 9.17) is 14.0 Å². The summed E-state index contributed by atoms with van der Waals surface area (Å²) < 4.78 is 47.3. The minimum atomic E-state index is -5.10. The number of hydrogen-bond donors (Lipinski definition) is 7. The maximum Gasteiger partial charge on any atom is 0.397 e. The van der Waals surface area contributed by atoms with Gasteiger partial charge in [-0.3, -0.25) is 9.35 Å². The molecule has 1 amide bonds. The largest absolute Gasteiger partial charge is 0.397 e. The van der Waals surface area contributed by atoms with Crippen molar-refractivity contribution >= 4 is 16.3 Å². The van der Waals surface area contributed by atoms with Crippen molar-refractivity contribution in [2.24, 2.45) is 0 Å². The van der Waals surface area contributed by atoms with E-state index in [1.165, 1.54) is 193 Å². The summed E-state index contributed by atoms with van der Waals surface area (Å²) in [6.45, 7) is 3.15. The van der Waals surface area contributed by atoms with E-state index in [9.17, 15) is 38.7 Å². The van der Waals surface area contributed by atoms with Crippen LogP contribution in [0.4, 0.5) is 0 Å². The molecule has 13 nitrogen and oxygen atoms in total. The van der Waals surface area contributed by atoms with Crippen molar-refractivity contribution in [3.05, 3.63) is 12.2 Å². The first-order valence-corrected chi connectivity index (χ1v) is 30.0. The molecule has 8 atom stereocenters. The number of unbranched alkanes of at least 4 members (excludes halogenated alkanes) is 35. The number of carbonyl (C=O) groups is 1. The molecule has 14 heteroatoms. The van der Waals surface area contributed by atoms with Gasteiger partial charge in [0.15, 0.2) is 6.29 Å². The van der Waals surface area contributed by atoms with Gasteiger partial charge >= 0.3 is 10.4 Å². The number of aliphatic hydroxyl groups is 5. The first-order valence-electron chi connectivity index (χ1n) is 28.7. The van der Waals surface area contributed by atoms with Crippen LogP contribution in [0.1, 0.15) is 271 Å². The smallest absolute Gasteiger partial charge is 0.394 e. The van der Waals surface area contributed by atoms with Gasteiger partial charge in [0.1, 0.15) is 30.5 Å². The zero-order chi connectivity index (χ0) is 50.6. The van der Waals surface area contributed by atoms with Gasteiger partial charge in [0.2, 0.25) is 5.91 Å². The van der Waals surface area contributed by atoms with Gasteiger partial charge in [0.05, 0.1) is 25.4 Å². The Labute approximate surface area is 422 Å². The Hall–Kier alpha value is -1.20. The van der Waals surface area contributed by atoms with Gasteiger partial charge in [-0.2, -0.15) is 8.42 Å². The van der Waals surface area contributed by atoms with Crippen molar-refractivity contribution in [2.75, 3.05) is 13.2 Å². The van der Waals surface area contributed by atoms with Crippen LogP contribution in [0.3, 0.4) is 0 Å². The number of ether oxygens (including phenoxy) is 2. The third kappa shape index (κ3) is 37.2. The number of carbonyl (C=O) groups excluding carboxylic acids is 1. The summed E-state index contributed by atoms with van der Waals surface area (Å²) in [6, 6.07) is -1.03. The van der Waals surface area contributed by atoms with E-state index in [1.807, 2.05) is 0 Å². The van der Waals surface area contributed by atoms with Crippen LogP contribution in [0.25, 0.3) is 0 Å². The summed E-state index contributed by atoms with van der Waals surface area (Å²) in [5.74, 6) is -0.675. The Bertz CT molecular complexity index is 1290. The molecule has 0 saturated carbocycles. The highest BCUT2D eigenvalue weighted by Crippen LogP contribution is 2.26. The molecule has 0 radical (unpaired) electrons. The molecule has 0 aromatic heterocycles. The van der Waals surface area contributed by atoms with Gasteiger partial charge in [-0.05, 0) is 38.5 Å². The summed E-state index contributed by atoms with van der Waals surface area (Å²) in [4.78, 5) is 13.0. The summed E-state index contributed by atoms with van der Waals surface area (Å²) in [5, 5.41) is 54.9. The summed E-state index contributed by atoms with van der Waals surface area (Å²) in [5.41, 5.74) is 0. The lowest BCUT2D eigenvalue weighted by Crippen LogP contribution is -2.61. The minimum Gasteiger partial charge on any atom is -0.394 e. The first-order chi connectivity index (χ1) is 33.4. The fourth-order valence-corrected chi connectivity index (χ4v) is 9.91. The number of rotatable bonds is 50. The van der Waals surface area contributed by atoms with Crippen molar-refractivity contribution in [2.45, 2.75) is 320 Å². The second kappa shape index (κ2) is 45.4. The Morgan fingerprint density at radius 1 is 0.565 bits per heavy atom. The molecule has 8 unspecified atom stereocenters. The second-order valence-corrected chi connectivity index (χ2v) is 21.4. The average Bonchev–Trinajstić information content (AvgIpc) is 3.32. The van der Waals surface area contributed by atoms with E-state index < -0.39 is 78.5 Å². The normalized spacial score (nSPS) is 20.1. The molecular formula is C55H107NO12S. The monoisotopic (exact) mass is 1010 g/mol. The lowest BCUT2D eigenvalue weighted by atomic mass is 9.99. The van der Waals surface area contributed by atoms with Crippen LogP contribution in [-0.4, -0.2) is 107 Å². The van der Waals surface area contributed by atoms with E-state index >= 15 is 0 Å². The van der Waals surface area contributed by atoms with Crippen LogP contribution in [0, 0.1) is 0 Å². The van der Waals surface area contributed by atoms with Gasteiger partial charge < -0.3 is 40.3 Å². The maximum absolute atomic E-state index is 13.0. The predicted molar refractivity (Wildman–Crippen MR) is 279 cm³/mol. The molecular weight excluding hydrogens is 899 g/mol. The molecule has 0 aliphatic carbocycles.